The van der Waals surface area contributed by atoms with Gasteiger partial charge in [0, 0.05) is 5.56 Å². The minimum Gasteiger partial charge on any atom is -0.330 e. The minimum atomic E-state index is -1.16. The Hall–Kier alpha value is -3.83. The molecule has 8 heteroatoms. The highest BCUT2D eigenvalue weighted by atomic mass is 32.1. The summed E-state index contributed by atoms with van der Waals surface area (Å²) in [7, 11) is 0. The Morgan fingerprint density at radius 2 is 1.86 bits per heavy atom. The standard InChI is InChI=1S/C21H14FN5OS/c22-16-10-5-4-9-15(16)17(13-23)24-21(28)19-25-20(18-11-6-12-29-18)27(26-19)14-7-2-1-3-8-14/h1-12,17H,(H,24,28). The van der Waals surface area contributed by atoms with Crippen LogP contribution in [0.5, 0.6) is 0 Å². The molecule has 1 atom stereocenters. The zero-order chi connectivity index (χ0) is 20.2. The first kappa shape index (κ1) is 18.5. The average Bonchev–Trinajstić information content (AvgIpc) is 3.43. The second-order valence-corrected chi connectivity index (χ2v) is 6.99. The third kappa shape index (κ3) is 3.77. The molecule has 6 nitrogen and oxygen atoms in total. The van der Waals surface area contributed by atoms with Gasteiger partial charge >= 0.3 is 0 Å². The lowest BCUT2D eigenvalue weighted by Gasteiger charge is -2.11. The number of halogens is 1. The minimum absolute atomic E-state index is 0.0873. The quantitative estimate of drug-likeness (QED) is 0.543. The Kier molecular flexibility index (Phi) is 5.14. The molecular weight excluding hydrogens is 389 g/mol. The molecule has 0 saturated carbocycles. The van der Waals surface area contributed by atoms with E-state index in [1.54, 1.807) is 10.7 Å². The number of nitrogens with zero attached hydrogens (tertiary/aromatic N) is 4. The molecule has 1 N–H and O–H groups in total. The van der Waals surface area contributed by atoms with Crippen molar-refractivity contribution in [3.8, 4) is 22.5 Å². The fraction of sp³-hybridized carbons (Fsp3) is 0.0476. The highest BCUT2D eigenvalue weighted by Crippen LogP contribution is 2.26. The molecule has 142 valence electrons. The molecule has 0 radical (unpaired) electrons. The van der Waals surface area contributed by atoms with Crippen molar-refractivity contribution in [2.45, 2.75) is 6.04 Å². The summed E-state index contributed by atoms with van der Waals surface area (Å²) in [5.41, 5.74) is 0.831. The predicted molar refractivity (Wildman–Crippen MR) is 107 cm³/mol. The van der Waals surface area contributed by atoms with E-state index in [9.17, 15) is 14.4 Å². The van der Waals surface area contributed by atoms with Gasteiger partial charge < -0.3 is 5.32 Å². The zero-order valence-corrected chi connectivity index (χ0v) is 15.8. The van der Waals surface area contributed by atoms with Crippen LogP contribution in [-0.2, 0) is 0 Å². The maximum Gasteiger partial charge on any atom is 0.292 e. The van der Waals surface area contributed by atoms with E-state index in [0.29, 0.717) is 5.82 Å². The summed E-state index contributed by atoms with van der Waals surface area (Å²) in [5, 5.41) is 18.2. The topological polar surface area (TPSA) is 83.6 Å². The summed E-state index contributed by atoms with van der Waals surface area (Å²) in [6.07, 6.45) is 0. The number of amides is 1. The van der Waals surface area contributed by atoms with Crippen molar-refractivity contribution in [3.63, 3.8) is 0 Å². The number of thiophene rings is 1. The Morgan fingerprint density at radius 1 is 1.10 bits per heavy atom. The molecule has 0 aliphatic carbocycles. The van der Waals surface area contributed by atoms with Crippen molar-refractivity contribution >= 4 is 17.2 Å². The molecule has 0 bridgehead atoms. The van der Waals surface area contributed by atoms with Crippen molar-refractivity contribution in [1.29, 1.82) is 5.26 Å². The molecule has 4 rings (SSSR count). The van der Waals surface area contributed by atoms with Gasteiger partial charge in [0.15, 0.2) is 5.82 Å². The first-order chi connectivity index (χ1) is 14.2. The van der Waals surface area contributed by atoms with E-state index < -0.39 is 17.8 Å². The number of benzene rings is 2. The van der Waals surface area contributed by atoms with E-state index in [0.717, 1.165) is 10.6 Å². The van der Waals surface area contributed by atoms with Gasteiger partial charge in [0.25, 0.3) is 5.91 Å². The monoisotopic (exact) mass is 403 g/mol. The number of para-hydroxylation sites is 1. The SMILES string of the molecule is N#CC(NC(=O)c1nc(-c2cccs2)n(-c2ccccc2)n1)c1ccccc1F. The Balaban J connectivity index is 1.69. The molecule has 0 aliphatic rings. The first-order valence-electron chi connectivity index (χ1n) is 8.68. The van der Waals surface area contributed by atoms with E-state index in [2.05, 4.69) is 15.4 Å². The fourth-order valence-corrected chi connectivity index (χ4v) is 3.51. The van der Waals surface area contributed by atoms with Crippen LogP contribution in [0.4, 0.5) is 4.39 Å². The number of rotatable bonds is 5. The molecule has 0 aliphatic heterocycles. The summed E-state index contributed by atoms with van der Waals surface area (Å²) < 4.78 is 15.6. The van der Waals surface area contributed by atoms with Crippen molar-refractivity contribution in [2.24, 2.45) is 0 Å². The maximum atomic E-state index is 14.0. The average molecular weight is 403 g/mol. The van der Waals surface area contributed by atoms with E-state index >= 15 is 0 Å². The smallest absolute Gasteiger partial charge is 0.292 e. The lowest BCUT2D eigenvalue weighted by Crippen LogP contribution is -2.29. The van der Waals surface area contributed by atoms with Crippen molar-refractivity contribution in [1.82, 2.24) is 20.1 Å². The van der Waals surface area contributed by atoms with Gasteiger partial charge in [-0.15, -0.1) is 16.4 Å². The number of nitriles is 1. The summed E-state index contributed by atoms with van der Waals surface area (Å²) in [4.78, 5) is 18.0. The third-order valence-corrected chi connectivity index (χ3v) is 5.04. The van der Waals surface area contributed by atoms with Crippen LogP contribution in [0, 0.1) is 17.1 Å². The van der Waals surface area contributed by atoms with Crippen molar-refractivity contribution < 1.29 is 9.18 Å². The van der Waals surface area contributed by atoms with Gasteiger partial charge in [-0.2, -0.15) is 5.26 Å². The zero-order valence-electron chi connectivity index (χ0n) is 15.0. The normalized spacial score (nSPS) is 11.6. The molecule has 1 unspecified atom stereocenters. The summed E-state index contributed by atoms with van der Waals surface area (Å²) in [6, 6.07) is 19.6. The maximum absolute atomic E-state index is 14.0. The van der Waals surface area contributed by atoms with Gasteiger partial charge in [-0.25, -0.2) is 14.1 Å². The molecular formula is C21H14FN5OS. The molecule has 2 aromatic carbocycles. The number of carbonyl (C=O) groups excluding carboxylic acids is 1. The van der Waals surface area contributed by atoms with Crippen molar-refractivity contribution in [3.05, 3.63) is 89.3 Å². The van der Waals surface area contributed by atoms with Gasteiger partial charge in [-0.05, 0) is 29.6 Å². The van der Waals surface area contributed by atoms with Gasteiger partial charge in [-0.1, -0.05) is 42.5 Å². The van der Waals surface area contributed by atoms with Crippen LogP contribution < -0.4 is 5.32 Å². The molecule has 0 saturated heterocycles. The molecule has 2 heterocycles. The van der Waals surface area contributed by atoms with Crippen LogP contribution in [0.1, 0.15) is 22.2 Å². The molecule has 1 amide bonds. The Bertz CT molecular complexity index is 1180. The molecule has 29 heavy (non-hydrogen) atoms. The predicted octanol–water partition coefficient (Wildman–Crippen LogP) is 4.13. The molecule has 0 spiro atoms. The Morgan fingerprint density at radius 3 is 2.55 bits per heavy atom. The van der Waals surface area contributed by atoms with Gasteiger partial charge in [0.2, 0.25) is 5.82 Å². The van der Waals surface area contributed by atoms with E-state index in [1.165, 1.54) is 29.5 Å². The lowest BCUT2D eigenvalue weighted by molar-refractivity contribution is 0.0934. The third-order valence-electron chi connectivity index (χ3n) is 4.17. The number of carbonyl (C=O) groups is 1. The van der Waals surface area contributed by atoms with Crippen LogP contribution in [0.15, 0.2) is 72.1 Å². The summed E-state index contributed by atoms with van der Waals surface area (Å²) >= 11 is 1.47. The van der Waals surface area contributed by atoms with Crippen LogP contribution in [0.2, 0.25) is 0 Å². The molecule has 4 aromatic rings. The van der Waals surface area contributed by atoms with Gasteiger partial charge in [-0.3, -0.25) is 4.79 Å². The van der Waals surface area contributed by atoms with Crippen LogP contribution >= 0.6 is 11.3 Å². The molecule has 0 fully saturated rings. The van der Waals surface area contributed by atoms with E-state index in [1.807, 2.05) is 53.9 Å². The largest absolute Gasteiger partial charge is 0.330 e. The second-order valence-electron chi connectivity index (χ2n) is 6.04. The van der Waals surface area contributed by atoms with Crippen LogP contribution in [0.3, 0.4) is 0 Å². The second kappa shape index (κ2) is 8.04. The van der Waals surface area contributed by atoms with E-state index in [4.69, 9.17) is 0 Å². The number of hydrogen-bond acceptors (Lipinski definition) is 5. The summed E-state index contributed by atoms with van der Waals surface area (Å²) in [5.74, 6) is -0.821. The Labute approximate surface area is 169 Å². The fourth-order valence-electron chi connectivity index (χ4n) is 2.81. The highest BCUT2D eigenvalue weighted by Gasteiger charge is 2.23. The number of nitrogens with one attached hydrogen (secondary N) is 1. The highest BCUT2D eigenvalue weighted by molar-refractivity contribution is 7.13. The lowest BCUT2D eigenvalue weighted by atomic mass is 10.1. The summed E-state index contributed by atoms with van der Waals surface area (Å²) in [6.45, 7) is 0. The van der Waals surface area contributed by atoms with Crippen LogP contribution in [-0.4, -0.2) is 20.7 Å². The van der Waals surface area contributed by atoms with Gasteiger partial charge in [0.05, 0.1) is 16.6 Å². The van der Waals surface area contributed by atoms with Crippen molar-refractivity contribution in [2.75, 3.05) is 0 Å². The first-order valence-corrected chi connectivity index (χ1v) is 9.56. The molecule has 2 aromatic heterocycles. The number of aromatic nitrogens is 3. The van der Waals surface area contributed by atoms with Crippen LogP contribution in [0.25, 0.3) is 16.4 Å². The number of hydrogen-bond donors (Lipinski definition) is 1. The van der Waals surface area contributed by atoms with E-state index in [-0.39, 0.29) is 11.4 Å². The van der Waals surface area contributed by atoms with Gasteiger partial charge in [0.1, 0.15) is 11.9 Å².